The van der Waals surface area contributed by atoms with Gasteiger partial charge in [-0.05, 0) is 51.5 Å². The molecule has 0 bridgehead atoms. The van der Waals surface area contributed by atoms with Crippen LogP contribution in [0.1, 0.15) is 141 Å². The first-order chi connectivity index (χ1) is 18.0. The molecule has 0 aromatic rings. The van der Waals surface area contributed by atoms with Gasteiger partial charge in [0.05, 0.1) is 0 Å². The number of rotatable bonds is 28. The van der Waals surface area contributed by atoms with Crippen LogP contribution >= 0.6 is 15.9 Å². The van der Waals surface area contributed by atoms with Gasteiger partial charge in [-0.2, -0.15) is 0 Å². The molecule has 5 N–H and O–H groups in total. The number of carbonyl (C=O) groups excluding carboxylic acids is 2. The van der Waals surface area contributed by atoms with E-state index in [0.29, 0.717) is 38.6 Å². The number of carboxylic acids is 1. The molecule has 0 fully saturated rings. The largest absolute Gasteiger partial charge is 0.480 e. The van der Waals surface area contributed by atoms with E-state index in [1.54, 1.807) is 0 Å². The molecule has 0 aromatic heterocycles. The number of unbranched alkanes of at least 4 members (excludes halogenated alkanes) is 16. The summed E-state index contributed by atoms with van der Waals surface area (Å²) in [5, 5.41) is 16.1. The van der Waals surface area contributed by atoms with Crippen LogP contribution < -0.4 is 16.4 Å². The van der Waals surface area contributed by atoms with Crippen molar-refractivity contribution >= 4 is 33.7 Å². The molecule has 37 heavy (non-hydrogen) atoms. The minimum atomic E-state index is -0.991. The summed E-state index contributed by atoms with van der Waals surface area (Å²) >= 11 is 3.45. The zero-order valence-corrected chi connectivity index (χ0v) is 25.0. The van der Waals surface area contributed by atoms with E-state index in [9.17, 15) is 19.5 Å². The average molecular weight is 591 g/mol. The van der Waals surface area contributed by atoms with Crippen molar-refractivity contribution in [1.29, 1.82) is 0 Å². The van der Waals surface area contributed by atoms with Crippen LogP contribution in [0, 0.1) is 0 Å². The van der Waals surface area contributed by atoms with E-state index >= 15 is 0 Å². The number of hydrogen-bond donors (Lipinski definition) is 4. The Hall–Kier alpha value is -1.15. The molecule has 0 saturated heterocycles. The Labute approximate surface area is 235 Å². The van der Waals surface area contributed by atoms with E-state index in [1.165, 1.54) is 70.6 Å². The highest BCUT2D eigenvalue weighted by Crippen LogP contribution is 2.12. The number of nitrogens with two attached hydrogens (primary N) is 1. The van der Waals surface area contributed by atoms with E-state index in [-0.39, 0.29) is 11.8 Å². The van der Waals surface area contributed by atoms with E-state index in [0.717, 1.165) is 50.4 Å². The lowest BCUT2D eigenvalue weighted by Crippen LogP contribution is -2.40. The fourth-order valence-corrected chi connectivity index (χ4v) is 4.82. The quantitative estimate of drug-likeness (QED) is 0.0604. The third-order valence-corrected chi connectivity index (χ3v) is 7.33. The summed E-state index contributed by atoms with van der Waals surface area (Å²) in [5.74, 6) is -1.09. The van der Waals surface area contributed by atoms with Crippen molar-refractivity contribution in [3.8, 4) is 0 Å². The highest BCUT2D eigenvalue weighted by atomic mass is 79.9. The molecule has 0 unspecified atom stereocenters. The Bertz CT molecular complexity index is 563. The van der Waals surface area contributed by atoms with Crippen molar-refractivity contribution in [3.05, 3.63) is 0 Å². The van der Waals surface area contributed by atoms with Gasteiger partial charge in [0.1, 0.15) is 6.04 Å². The first kappa shape index (κ1) is 35.9. The molecule has 0 aliphatic heterocycles. The van der Waals surface area contributed by atoms with Crippen LogP contribution in [0.25, 0.3) is 0 Å². The lowest BCUT2D eigenvalue weighted by molar-refractivity contribution is -0.142. The van der Waals surface area contributed by atoms with Gasteiger partial charge in [0.25, 0.3) is 0 Å². The van der Waals surface area contributed by atoms with Gasteiger partial charge in [-0.25, -0.2) is 4.79 Å². The van der Waals surface area contributed by atoms with E-state index < -0.39 is 12.0 Å². The lowest BCUT2D eigenvalue weighted by atomic mass is 10.1. The van der Waals surface area contributed by atoms with Gasteiger partial charge < -0.3 is 21.5 Å². The number of carbonyl (C=O) groups is 3. The molecule has 0 aliphatic carbocycles. The molecule has 0 rings (SSSR count). The molecule has 1 atom stereocenters. The second kappa shape index (κ2) is 27.9. The number of hydrogen-bond acceptors (Lipinski definition) is 4. The van der Waals surface area contributed by atoms with Crippen molar-refractivity contribution in [3.63, 3.8) is 0 Å². The number of alkyl halides is 1. The molecule has 7 nitrogen and oxygen atoms in total. The molecular weight excluding hydrogens is 534 g/mol. The van der Waals surface area contributed by atoms with Crippen molar-refractivity contribution in [2.45, 2.75) is 147 Å². The Balaban J connectivity index is 3.68. The fourth-order valence-electron chi connectivity index (χ4n) is 4.42. The third kappa shape index (κ3) is 26.3. The highest BCUT2D eigenvalue weighted by Gasteiger charge is 2.19. The van der Waals surface area contributed by atoms with Crippen LogP contribution in [0.2, 0.25) is 0 Å². The summed E-state index contributed by atoms with van der Waals surface area (Å²) in [4.78, 5) is 35.6. The summed E-state index contributed by atoms with van der Waals surface area (Å²) in [6.45, 7) is 1.33. The number of nitrogens with one attached hydrogen (secondary N) is 2. The number of amides is 2. The van der Waals surface area contributed by atoms with Crippen LogP contribution in [-0.2, 0) is 14.4 Å². The Morgan fingerprint density at radius 3 is 1.57 bits per heavy atom. The van der Waals surface area contributed by atoms with Crippen molar-refractivity contribution in [2.24, 2.45) is 5.73 Å². The maximum absolute atomic E-state index is 12.2. The Kier molecular flexibility index (Phi) is 27.0. The normalized spacial score (nSPS) is 11.8. The first-order valence-electron chi connectivity index (χ1n) is 15.1. The zero-order valence-electron chi connectivity index (χ0n) is 23.4. The molecule has 0 saturated carbocycles. The number of carboxylic acid groups (broad SMARTS) is 1. The summed E-state index contributed by atoms with van der Waals surface area (Å²) in [6, 6.07) is -0.851. The molecule has 0 radical (unpaired) electrons. The van der Waals surface area contributed by atoms with Crippen LogP contribution in [-0.4, -0.2) is 47.4 Å². The SMILES string of the molecule is NCCCCCCCCCCCC(=O)N[C@@H](CCCCNC(=O)CCCCCCCCCCBr)C(=O)O. The summed E-state index contributed by atoms with van der Waals surface area (Å²) < 4.78 is 0. The monoisotopic (exact) mass is 589 g/mol. The number of aliphatic carboxylic acids is 1. The second-order valence-corrected chi connectivity index (χ2v) is 11.1. The second-order valence-electron chi connectivity index (χ2n) is 10.3. The summed E-state index contributed by atoms with van der Waals surface area (Å²) in [6.07, 6.45) is 22.5. The topological polar surface area (TPSA) is 122 Å². The van der Waals surface area contributed by atoms with Gasteiger partial charge in [0.15, 0.2) is 0 Å². The third-order valence-electron chi connectivity index (χ3n) is 6.77. The smallest absolute Gasteiger partial charge is 0.326 e. The van der Waals surface area contributed by atoms with Crippen molar-refractivity contribution < 1.29 is 19.5 Å². The van der Waals surface area contributed by atoms with Gasteiger partial charge in [-0.3, -0.25) is 9.59 Å². The Morgan fingerprint density at radius 1 is 0.622 bits per heavy atom. The Morgan fingerprint density at radius 2 is 1.08 bits per heavy atom. The molecule has 0 aliphatic rings. The zero-order chi connectivity index (χ0) is 27.4. The minimum absolute atomic E-state index is 0.0759. The fraction of sp³-hybridized carbons (Fsp3) is 0.897. The molecule has 218 valence electrons. The van der Waals surface area contributed by atoms with Gasteiger partial charge >= 0.3 is 5.97 Å². The summed E-state index contributed by atoms with van der Waals surface area (Å²) in [7, 11) is 0. The van der Waals surface area contributed by atoms with Crippen LogP contribution in [0.5, 0.6) is 0 Å². The first-order valence-corrected chi connectivity index (χ1v) is 16.2. The average Bonchev–Trinajstić information content (AvgIpc) is 2.87. The predicted molar refractivity (Wildman–Crippen MR) is 157 cm³/mol. The molecule has 8 heteroatoms. The lowest BCUT2D eigenvalue weighted by Gasteiger charge is -2.14. The maximum atomic E-state index is 12.2. The van der Waals surface area contributed by atoms with Crippen molar-refractivity contribution in [1.82, 2.24) is 10.6 Å². The van der Waals surface area contributed by atoms with E-state index in [2.05, 4.69) is 26.6 Å². The molecule has 2 amide bonds. The number of halogens is 1. The summed E-state index contributed by atoms with van der Waals surface area (Å²) in [5.41, 5.74) is 5.50. The van der Waals surface area contributed by atoms with Crippen molar-refractivity contribution in [2.75, 3.05) is 18.4 Å². The molecule has 0 heterocycles. The maximum Gasteiger partial charge on any atom is 0.326 e. The highest BCUT2D eigenvalue weighted by molar-refractivity contribution is 9.09. The van der Waals surface area contributed by atoms with Gasteiger partial charge in [-0.1, -0.05) is 99.4 Å². The molecule has 0 aromatic carbocycles. The standard InChI is InChI=1S/C29H56BrN3O4/c30-23-17-12-8-4-3-6-10-14-21-27(34)32-25-19-16-20-26(29(36)37)33-28(35)22-15-11-7-2-1-5-9-13-18-24-31/h26H,1-25,31H2,(H,32,34)(H,33,35)(H,36,37)/t26-/m0/s1. The molecular formula is C29H56BrN3O4. The molecule has 0 spiro atoms. The van der Waals surface area contributed by atoms with Gasteiger partial charge in [0.2, 0.25) is 11.8 Å². The van der Waals surface area contributed by atoms with E-state index in [4.69, 9.17) is 5.73 Å². The van der Waals surface area contributed by atoms with Crippen LogP contribution in [0.15, 0.2) is 0 Å². The van der Waals surface area contributed by atoms with Gasteiger partial charge in [-0.15, -0.1) is 0 Å². The van der Waals surface area contributed by atoms with Gasteiger partial charge in [0, 0.05) is 24.7 Å². The van der Waals surface area contributed by atoms with Crippen LogP contribution in [0.3, 0.4) is 0 Å². The van der Waals surface area contributed by atoms with Crippen LogP contribution in [0.4, 0.5) is 0 Å². The predicted octanol–water partition coefficient (Wildman–Crippen LogP) is 6.61. The minimum Gasteiger partial charge on any atom is -0.480 e. The van der Waals surface area contributed by atoms with E-state index in [1.807, 2.05) is 0 Å².